The van der Waals surface area contributed by atoms with Gasteiger partial charge >= 0.3 is 65.6 Å². The quantitative estimate of drug-likeness (QED) is 0.443. The topological polar surface area (TPSA) is 106 Å². The Bertz CT molecular complexity index is 99.5. The molecule has 0 rings (SSSR count). The van der Waals surface area contributed by atoms with Gasteiger partial charge in [-0.2, -0.15) is 0 Å². The minimum Gasteiger partial charge on any atom is -0.907 e. The van der Waals surface area contributed by atoms with E-state index in [0.717, 1.165) is 0 Å². The van der Waals surface area contributed by atoms with E-state index in [1.165, 1.54) is 28.4 Å². The molecule has 0 aliphatic rings. The summed E-state index contributed by atoms with van der Waals surface area (Å²) in [5.41, 5.74) is 0. The molecule has 0 saturated heterocycles. The van der Waals surface area contributed by atoms with Crippen LogP contribution in [0.4, 0.5) is 0 Å². The van der Waals surface area contributed by atoms with Crippen molar-refractivity contribution in [3.8, 4) is 0 Å². The first-order valence-corrected chi connectivity index (χ1v) is 4.79. The van der Waals surface area contributed by atoms with Crippen molar-refractivity contribution in [2.45, 2.75) is 0 Å². The minimum atomic E-state index is -2.92. The molecule has 0 radical (unpaired) electrons. The van der Waals surface area contributed by atoms with Crippen LogP contribution in [0.2, 0.25) is 0 Å². The van der Waals surface area contributed by atoms with Crippen molar-refractivity contribution in [2.24, 2.45) is 0 Å². The largest absolute Gasteiger partial charge is 1.00 e. The molecule has 16 heavy (non-hydrogen) atoms. The van der Waals surface area contributed by atoms with E-state index in [1.807, 2.05) is 0 Å². The Morgan fingerprint density at radius 2 is 0.812 bits per heavy atom. The molecular weight excluding hydrogens is 220 g/mol. The van der Waals surface area contributed by atoms with E-state index in [-0.39, 0.29) is 56.6 Å². The molecule has 0 heterocycles. The van der Waals surface area contributed by atoms with Gasteiger partial charge in [-0.05, 0) is 0 Å². The Balaban J connectivity index is -0.0000000511. The van der Waals surface area contributed by atoms with Crippen LogP contribution in [0.3, 0.4) is 0 Å². The van der Waals surface area contributed by atoms with Crippen molar-refractivity contribution in [3.63, 3.8) is 0 Å². The number of hydrogen-bond acceptors (Lipinski definition) is 7. The molecule has 0 saturated carbocycles. The minimum absolute atomic E-state index is 0. The maximum absolute atomic E-state index is 8.42. The van der Waals surface area contributed by atoms with Crippen LogP contribution in [0.25, 0.3) is 0 Å². The summed E-state index contributed by atoms with van der Waals surface area (Å²) in [6, 6.07) is 0. The molecule has 0 atom stereocenters. The molecule has 0 aliphatic carbocycles. The van der Waals surface area contributed by atoms with Crippen molar-refractivity contribution in [1.82, 2.24) is 0 Å². The van der Waals surface area contributed by atoms with Gasteiger partial charge in [0.2, 0.25) is 0 Å². The maximum atomic E-state index is 8.42. The van der Waals surface area contributed by atoms with E-state index in [4.69, 9.17) is 32.8 Å². The van der Waals surface area contributed by atoms with Crippen molar-refractivity contribution < 1.29 is 89.4 Å². The first-order chi connectivity index (χ1) is 5.97. The first-order valence-electron chi connectivity index (χ1n) is 3.16. The molecule has 0 aromatic carbocycles. The molecule has 0 spiro atoms. The fraction of sp³-hybridized carbons (Fsp3) is 1.00. The van der Waals surface area contributed by atoms with Crippen LogP contribution < -0.4 is 71.7 Å². The molecule has 0 bridgehead atoms. The molecular formula is C4H12BLi3O7Si. The Labute approximate surface area is 133 Å². The summed E-state index contributed by atoms with van der Waals surface area (Å²) in [6.45, 7) is 0. The van der Waals surface area contributed by atoms with E-state index in [9.17, 15) is 0 Å². The molecule has 0 aromatic heterocycles. The van der Waals surface area contributed by atoms with E-state index in [2.05, 4.69) is 0 Å². The maximum Gasteiger partial charge on any atom is 1.00 e. The van der Waals surface area contributed by atoms with E-state index >= 15 is 0 Å². The second-order valence-corrected chi connectivity index (χ2v) is 4.24. The average molecular weight is 232 g/mol. The van der Waals surface area contributed by atoms with Crippen molar-refractivity contribution >= 4 is 16.4 Å². The third kappa shape index (κ3) is 18.2. The second kappa shape index (κ2) is 19.1. The Morgan fingerprint density at radius 1 is 0.688 bits per heavy atom. The second-order valence-electron chi connectivity index (χ2n) is 1.61. The molecule has 0 amide bonds. The Kier molecular flexibility index (Phi) is 36.7. The Morgan fingerprint density at radius 3 is 0.812 bits per heavy atom. The van der Waals surface area contributed by atoms with Crippen LogP contribution >= 0.6 is 0 Å². The van der Waals surface area contributed by atoms with Gasteiger partial charge in [0, 0.05) is 28.4 Å². The van der Waals surface area contributed by atoms with Gasteiger partial charge in [-0.3, -0.25) is 7.32 Å². The third-order valence-corrected chi connectivity index (χ3v) is 3.00. The molecule has 0 aliphatic heterocycles. The SMILES string of the molecule is CO[Si](OC)(OC)OC.[Li+].[Li+].[Li+].[O-]B([O-])[O-]. The third-order valence-electron chi connectivity index (χ3n) is 1.00. The molecule has 0 unspecified atom stereocenters. The van der Waals surface area contributed by atoms with Gasteiger partial charge in [-0.25, -0.2) is 0 Å². The number of hydrogen-bond donors (Lipinski definition) is 0. The summed E-state index contributed by atoms with van der Waals surface area (Å²) >= 11 is 0. The van der Waals surface area contributed by atoms with Gasteiger partial charge in [0.1, 0.15) is 0 Å². The predicted molar refractivity (Wildman–Crippen MR) is 39.5 cm³/mol. The standard InChI is InChI=1S/C4H12O4Si.BO3.3Li/c1-5-9(6-2,7-3)8-4;2-1(3)4;;;/h1-4H3;;;;/q;-3;3*+1. The van der Waals surface area contributed by atoms with Gasteiger partial charge in [-0.15, -0.1) is 0 Å². The van der Waals surface area contributed by atoms with Crippen molar-refractivity contribution in [2.75, 3.05) is 28.4 Å². The van der Waals surface area contributed by atoms with Crippen molar-refractivity contribution in [1.29, 1.82) is 0 Å². The summed E-state index contributed by atoms with van der Waals surface area (Å²) in [5, 5.41) is 25.2. The first kappa shape index (κ1) is 30.7. The van der Waals surface area contributed by atoms with Crippen LogP contribution in [0, 0.1) is 0 Å². The Hall–Kier alpha value is 1.79. The predicted octanol–water partition coefficient (Wildman–Crippen LogP) is -12.9. The molecule has 0 N–H and O–H groups in total. The smallest absolute Gasteiger partial charge is 0.907 e. The average Bonchev–Trinajstić information content (AvgIpc) is 2.09. The van der Waals surface area contributed by atoms with Crippen LogP contribution in [0.1, 0.15) is 0 Å². The van der Waals surface area contributed by atoms with E-state index in [1.54, 1.807) is 0 Å². The molecule has 7 nitrogen and oxygen atoms in total. The summed E-state index contributed by atoms with van der Waals surface area (Å²) in [4.78, 5) is 0. The molecule has 0 aromatic rings. The van der Waals surface area contributed by atoms with Gasteiger partial charge in [0.25, 0.3) is 0 Å². The summed E-state index contributed by atoms with van der Waals surface area (Å²) < 4.78 is 19.4. The van der Waals surface area contributed by atoms with E-state index < -0.39 is 16.4 Å². The van der Waals surface area contributed by atoms with Crippen LogP contribution in [-0.2, 0) is 17.7 Å². The zero-order valence-electron chi connectivity index (χ0n) is 10.9. The van der Waals surface area contributed by atoms with Crippen LogP contribution in [0.15, 0.2) is 0 Å². The van der Waals surface area contributed by atoms with Gasteiger partial charge < -0.3 is 32.8 Å². The number of rotatable bonds is 4. The summed E-state index contributed by atoms with van der Waals surface area (Å²) in [7, 11) is 0.347. The van der Waals surface area contributed by atoms with Gasteiger partial charge in [0.15, 0.2) is 0 Å². The van der Waals surface area contributed by atoms with Crippen molar-refractivity contribution in [3.05, 3.63) is 0 Å². The van der Waals surface area contributed by atoms with Gasteiger partial charge in [-0.1, -0.05) is 0 Å². The zero-order chi connectivity index (χ0) is 10.9. The van der Waals surface area contributed by atoms with Crippen LogP contribution in [-0.4, -0.2) is 44.8 Å². The summed E-state index contributed by atoms with van der Waals surface area (Å²) in [6.07, 6.45) is 0. The zero-order valence-corrected chi connectivity index (χ0v) is 11.9. The molecule has 0 fully saturated rings. The van der Waals surface area contributed by atoms with Crippen LogP contribution in [0.5, 0.6) is 0 Å². The fourth-order valence-electron chi connectivity index (χ4n) is 0.500. The monoisotopic (exact) mass is 232 g/mol. The molecule has 12 heteroatoms. The van der Waals surface area contributed by atoms with E-state index in [0.29, 0.717) is 0 Å². The van der Waals surface area contributed by atoms with Gasteiger partial charge in [0.05, 0.1) is 0 Å². The summed E-state index contributed by atoms with van der Waals surface area (Å²) in [5.74, 6) is 0. The fourth-order valence-corrected chi connectivity index (χ4v) is 1.50. The molecule has 80 valence electrons. The normalized spacial score (nSPS) is 8.44.